The number of pyridine rings is 1. The topological polar surface area (TPSA) is 74.1 Å². The number of carbonyl (C=O) groups excluding carboxylic acids is 2. The fourth-order valence-corrected chi connectivity index (χ4v) is 4.28. The average Bonchev–Trinajstić information content (AvgIpc) is 2.73. The molecule has 4 rings (SSSR count). The highest BCUT2D eigenvalue weighted by Crippen LogP contribution is 2.52. The summed E-state index contributed by atoms with van der Waals surface area (Å²) in [7, 11) is 0. The van der Waals surface area contributed by atoms with Gasteiger partial charge in [0.15, 0.2) is 5.78 Å². The molecule has 138 valence electrons. The van der Waals surface area contributed by atoms with Crippen LogP contribution in [0.2, 0.25) is 0 Å². The van der Waals surface area contributed by atoms with E-state index in [-0.39, 0.29) is 17.3 Å². The van der Waals surface area contributed by atoms with Crippen molar-refractivity contribution in [2.75, 3.05) is 11.4 Å². The van der Waals surface area contributed by atoms with Crippen molar-refractivity contribution in [1.29, 1.82) is 5.26 Å². The van der Waals surface area contributed by atoms with Gasteiger partial charge in [0, 0.05) is 24.6 Å². The van der Waals surface area contributed by atoms with Gasteiger partial charge in [-0.25, -0.2) is 0 Å². The lowest BCUT2D eigenvalue weighted by Crippen LogP contribution is -2.56. The third kappa shape index (κ3) is 2.35. The zero-order valence-electron chi connectivity index (χ0n) is 15.7. The highest BCUT2D eigenvalue weighted by atomic mass is 16.2. The zero-order valence-corrected chi connectivity index (χ0v) is 15.7. The van der Waals surface area contributed by atoms with Crippen LogP contribution in [-0.4, -0.2) is 23.2 Å². The first-order chi connectivity index (χ1) is 13.4. The molecule has 2 heterocycles. The molecule has 1 aliphatic carbocycles. The number of carbonyl (C=O) groups is 2. The molecule has 1 amide bonds. The van der Waals surface area contributed by atoms with Gasteiger partial charge in [0.2, 0.25) is 5.91 Å². The van der Waals surface area contributed by atoms with Crippen molar-refractivity contribution in [2.45, 2.75) is 19.3 Å². The van der Waals surface area contributed by atoms with Crippen LogP contribution in [0, 0.1) is 16.7 Å². The Hall–Kier alpha value is -3.52. The second-order valence-electron chi connectivity index (χ2n) is 7.54. The summed E-state index contributed by atoms with van der Waals surface area (Å²) in [5, 5.41) is 9.62. The van der Waals surface area contributed by atoms with Gasteiger partial charge in [-0.2, -0.15) is 5.26 Å². The van der Waals surface area contributed by atoms with Gasteiger partial charge in [0.1, 0.15) is 11.5 Å². The van der Waals surface area contributed by atoms with E-state index in [1.54, 1.807) is 49.3 Å². The van der Waals surface area contributed by atoms with E-state index < -0.39 is 10.8 Å². The SMILES string of the molecule is CC1(C)C(=O)C(C#N)=C[C@@]2(c3ccccc3)C(=O)N(c3ccncc3)CC=C12. The highest BCUT2D eigenvalue weighted by Gasteiger charge is 2.57. The van der Waals surface area contributed by atoms with Crippen molar-refractivity contribution >= 4 is 17.4 Å². The number of benzene rings is 1. The summed E-state index contributed by atoms with van der Waals surface area (Å²) in [5.74, 6) is -0.423. The van der Waals surface area contributed by atoms with Crippen molar-refractivity contribution in [3.05, 3.63) is 83.7 Å². The first kappa shape index (κ1) is 17.9. The van der Waals surface area contributed by atoms with E-state index in [4.69, 9.17) is 0 Å². The van der Waals surface area contributed by atoms with Gasteiger partial charge in [-0.1, -0.05) is 36.4 Å². The van der Waals surface area contributed by atoms with Gasteiger partial charge in [-0.3, -0.25) is 14.6 Å². The molecule has 0 unspecified atom stereocenters. The van der Waals surface area contributed by atoms with E-state index >= 15 is 0 Å². The van der Waals surface area contributed by atoms with Crippen LogP contribution in [0.4, 0.5) is 5.69 Å². The van der Waals surface area contributed by atoms with Crippen LogP contribution in [0.3, 0.4) is 0 Å². The van der Waals surface area contributed by atoms with Gasteiger partial charge in [-0.15, -0.1) is 0 Å². The lowest BCUT2D eigenvalue weighted by molar-refractivity contribution is -0.125. The molecule has 0 bridgehead atoms. The van der Waals surface area contributed by atoms with Gasteiger partial charge in [0.05, 0.1) is 11.0 Å². The Bertz CT molecular complexity index is 1060. The van der Waals surface area contributed by atoms with Crippen molar-refractivity contribution < 1.29 is 9.59 Å². The first-order valence-electron chi connectivity index (χ1n) is 9.09. The van der Waals surface area contributed by atoms with Crippen LogP contribution in [0.5, 0.6) is 0 Å². The molecule has 1 aliphatic heterocycles. The smallest absolute Gasteiger partial charge is 0.246 e. The number of ketones is 1. The maximum absolute atomic E-state index is 13.9. The number of rotatable bonds is 2. The number of nitrogens with zero attached hydrogens (tertiary/aromatic N) is 3. The summed E-state index contributed by atoms with van der Waals surface area (Å²) in [6.07, 6.45) is 6.79. The lowest BCUT2D eigenvalue weighted by Gasteiger charge is -2.48. The second kappa shape index (κ2) is 6.28. The van der Waals surface area contributed by atoms with Gasteiger partial charge < -0.3 is 4.90 Å². The third-order valence-corrected chi connectivity index (χ3v) is 5.66. The minimum atomic E-state index is -1.19. The number of Topliss-reactive ketones (excluding diaryl/α,β-unsaturated/α-hetero) is 1. The van der Waals surface area contributed by atoms with Crippen LogP contribution in [0.15, 0.2) is 78.2 Å². The minimum Gasteiger partial charge on any atom is -0.307 e. The standard InChI is InChI=1S/C23H19N3O2/c1-22(2)19-10-13-26(18-8-11-25-12-9-18)21(28)23(19,14-16(15-24)20(22)27)17-6-4-3-5-7-17/h3-12,14H,13H2,1-2H3/t23-/m0/s1. The minimum absolute atomic E-state index is 0.0240. The Labute approximate surface area is 163 Å². The summed E-state index contributed by atoms with van der Waals surface area (Å²) in [6.45, 7) is 3.94. The fourth-order valence-electron chi connectivity index (χ4n) is 4.28. The molecule has 28 heavy (non-hydrogen) atoms. The van der Waals surface area contributed by atoms with E-state index in [0.29, 0.717) is 6.54 Å². The van der Waals surface area contributed by atoms with Crippen LogP contribution in [-0.2, 0) is 15.0 Å². The molecular weight excluding hydrogens is 350 g/mol. The maximum atomic E-state index is 13.9. The van der Waals surface area contributed by atoms with E-state index in [2.05, 4.69) is 4.98 Å². The van der Waals surface area contributed by atoms with Crippen LogP contribution >= 0.6 is 0 Å². The number of fused-ring (bicyclic) bond motifs is 1. The van der Waals surface area contributed by atoms with Gasteiger partial charge in [-0.05, 0) is 43.2 Å². The Balaban J connectivity index is 2.03. The summed E-state index contributed by atoms with van der Waals surface area (Å²) in [6, 6.07) is 14.9. The normalized spacial score (nSPS) is 23.4. The van der Waals surface area contributed by atoms with Crippen molar-refractivity contribution in [3.8, 4) is 6.07 Å². The van der Waals surface area contributed by atoms with Crippen molar-refractivity contribution in [2.24, 2.45) is 5.41 Å². The molecule has 0 saturated heterocycles. The number of nitriles is 1. The molecule has 1 aromatic heterocycles. The molecule has 2 aromatic rings. The summed E-state index contributed by atoms with van der Waals surface area (Å²) in [5.41, 5.74) is 0.0907. The Morgan fingerprint density at radius 2 is 1.75 bits per heavy atom. The fraction of sp³-hybridized carbons (Fsp3) is 0.217. The first-order valence-corrected chi connectivity index (χ1v) is 9.09. The summed E-state index contributed by atoms with van der Waals surface area (Å²) < 4.78 is 0. The maximum Gasteiger partial charge on any atom is 0.246 e. The number of allylic oxidation sites excluding steroid dienone is 1. The van der Waals surface area contributed by atoms with E-state index in [0.717, 1.165) is 16.8 Å². The monoisotopic (exact) mass is 369 g/mol. The third-order valence-electron chi connectivity index (χ3n) is 5.66. The average molecular weight is 369 g/mol. The predicted octanol–water partition coefficient (Wildman–Crippen LogP) is 3.35. The predicted molar refractivity (Wildman–Crippen MR) is 105 cm³/mol. The van der Waals surface area contributed by atoms with Gasteiger partial charge >= 0.3 is 0 Å². The van der Waals surface area contributed by atoms with Crippen LogP contribution < -0.4 is 4.90 Å². The second-order valence-corrected chi connectivity index (χ2v) is 7.54. The van der Waals surface area contributed by atoms with Crippen molar-refractivity contribution in [3.63, 3.8) is 0 Å². The number of amides is 1. The molecule has 5 heteroatoms. The molecule has 1 aromatic carbocycles. The number of anilines is 1. The molecular formula is C23H19N3O2. The van der Waals surface area contributed by atoms with Crippen LogP contribution in [0.1, 0.15) is 19.4 Å². The summed E-state index contributed by atoms with van der Waals surface area (Å²) >= 11 is 0. The zero-order chi connectivity index (χ0) is 19.9. The molecule has 0 saturated carbocycles. The van der Waals surface area contributed by atoms with E-state index in [1.165, 1.54) is 0 Å². The molecule has 0 N–H and O–H groups in total. The number of hydrogen-bond acceptors (Lipinski definition) is 4. The molecule has 0 radical (unpaired) electrons. The molecule has 5 nitrogen and oxygen atoms in total. The quantitative estimate of drug-likeness (QED) is 0.761. The van der Waals surface area contributed by atoms with Crippen LogP contribution in [0.25, 0.3) is 0 Å². The molecule has 0 fully saturated rings. The van der Waals surface area contributed by atoms with E-state index in [1.807, 2.05) is 42.5 Å². The summed E-state index contributed by atoms with van der Waals surface area (Å²) in [4.78, 5) is 32.5. The van der Waals surface area contributed by atoms with Gasteiger partial charge in [0.25, 0.3) is 0 Å². The number of hydrogen-bond donors (Lipinski definition) is 0. The molecule has 0 spiro atoms. The Morgan fingerprint density at radius 1 is 1.07 bits per heavy atom. The molecule has 1 atom stereocenters. The lowest BCUT2D eigenvalue weighted by atomic mass is 9.56. The Kier molecular flexibility index (Phi) is 4.01. The highest BCUT2D eigenvalue weighted by molar-refractivity contribution is 6.15. The largest absolute Gasteiger partial charge is 0.307 e. The Morgan fingerprint density at radius 3 is 2.39 bits per heavy atom. The van der Waals surface area contributed by atoms with Crippen molar-refractivity contribution in [1.82, 2.24) is 4.98 Å². The van der Waals surface area contributed by atoms with E-state index in [9.17, 15) is 14.9 Å². The molecule has 2 aliphatic rings. The number of aromatic nitrogens is 1.